The first kappa shape index (κ1) is 30.2. The Morgan fingerprint density at radius 2 is 1.63 bits per heavy atom. The summed E-state index contributed by atoms with van der Waals surface area (Å²) in [6.07, 6.45) is 1.79. The fraction of sp³-hybridized carbons (Fsp3) is 0.200. The van der Waals surface area contributed by atoms with E-state index in [-0.39, 0.29) is 18.9 Å². The number of aliphatic hydroxyl groups is 1. The third kappa shape index (κ3) is 7.05. The summed E-state index contributed by atoms with van der Waals surface area (Å²) in [4.78, 5) is 19.2. The molecule has 1 aliphatic heterocycles. The van der Waals surface area contributed by atoms with E-state index in [1.165, 1.54) is 0 Å². The van der Waals surface area contributed by atoms with Gasteiger partial charge in [-0.15, -0.1) is 6.58 Å². The molecule has 3 N–H and O–H groups in total. The first-order valence-corrected chi connectivity index (χ1v) is 15.0. The number of aliphatic imine (C=N–C) groups is 1. The number of amides is 1. The highest BCUT2D eigenvalue weighted by Gasteiger charge is 2.53. The molecule has 0 unspecified atom stereocenters. The third-order valence-electron chi connectivity index (χ3n) is 7.22. The Morgan fingerprint density at radius 1 is 0.953 bits per heavy atom. The number of ether oxygens (including phenoxy) is 2. The van der Waals surface area contributed by atoms with Crippen molar-refractivity contribution < 1.29 is 19.4 Å². The van der Waals surface area contributed by atoms with Crippen LogP contribution in [0.2, 0.25) is 0 Å². The van der Waals surface area contributed by atoms with E-state index in [0.29, 0.717) is 31.2 Å². The molecule has 5 rings (SSSR count). The summed E-state index contributed by atoms with van der Waals surface area (Å²) in [5.41, 5.74) is 9.09. The van der Waals surface area contributed by atoms with Crippen molar-refractivity contribution in [2.75, 3.05) is 19.8 Å². The van der Waals surface area contributed by atoms with E-state index < -0.39 is 11.6 Å². The molecule has 0 fully saturated rings. The summed E-state index contributed by atoms with van der Waals surface area (Å²) in [5.74, 6) is 0.723. The van der Waals surface area contributed by atoms with Gasteiger partial charge in [-0.3, -0.25) is 10.2 Å². The maximum Gasteiger partial charge on any atom is 0.266 e. The summed E-state index contributed by atoms with van der Waals surface area (Å²) < 4.78 is 13.2. The van der Waals surface area contributed by atoms with Crippen LogP contribution >= 0.6 is 15.9 Å². The Kier molecular flexibility index (Phi) is 10.0. The smallest absolute Gasteiger partial charge is 0.266 e. The van der Waals surface area contributed by atoms with Crippen molar-refractivity contribution in [1.82, 2.24) is 10.9 Å². The number of nitrogens with zero attached hydrogens (tertiary/aromatic N) is 1. The molecule has 220 valence electrons. The van der Waals surface area contributed by atoms with Gasteiger partial charge in [0.2, 0.25) is 5.90 Å². The second kappa shape index (κ2) is 14.3. The van der Waals surface area contributed by atoms with Gasteiger partial charge in [-0.05, 0) is 52.6 Å². The molecule has 0 aromatic heterocycles. The number of halogens is 1. The van der Waals surface area contributed by atoms with Crippen molar-refractivity contribution in [1.29, 1.82) is 0 Å². The molecule has 0 spiro atoms. The fourth-order valence-electron chi connectivity index (χ4n) is 5.01. The minimum atomic E-state index is -1.34. The summed E-state index contributed by atoms with van der Waals surface area (Å²) in [6.45, 7) is 4.61. The van der Waals surface area contributed by atoms with Gasteiger partial charge in [0.05, 0.1) is 6.61 Å². The number of aliphatic hydroxyl groups excluding tert-OH is 1. The van der Waals surface area contributed by atoms with Crippen molar-refractivity contribution in [3.8, 4) is 16.9 Å². The van der Waals surface area contributed by atoms with Crippen LogP contribution in [-0.4, -0.2) is 42.2 Å². The highest BCUT2D eigenvalue weighted by molar-refractivity contribution is 9.10. The van der Waals surface area contributed by atoms with Crippen molar-refractivity contribution in [2.24, 2.45) is 4.99 Å². The average molecular weight is 641 g/mol. The highest BCUT2D eigenvalue weighted by atomic mass is 79.9. The van der Waals surface area contributed by atoms with Crippen LogP contribution in [0.4, 0.5) is 0 Å². The zero-order valence-corrected chi connectivity index (χ0v) is 25.3. The van der Waals surface area contributed by atoms with E-state index in [1.54, 1.807) is 6.08 Å². The summed E-state index contributed by atoms with van der Waals surface area (Å²) in [7, 11) is 0. The molecule has 0 saturated carbocycles. The minimum Gasteiger partial charge on any atom is -0.494 e. The van der Waals surface area contributed by atoms with Crippen molar-refractivity contribution >= 4 is 27.7 Å². The summed E-state index contributed by atoms with van der Waals surface area (Å²) >= 11 is 3.67. The SMILES string of the molecule is C=CCNNC(=O)[C@@]1(Cc2ccccc2Br)N=C(c2ccc(OCCCO)cc2)O[C@H]1c1ccc(-c2ccccc2)cc1. The van der Waals surface area contributed by atoms with Gasteiger partial charge in [0.25, 0.3) is 5.91 Å². The van der Waals surface area contributed by atoms with Gasteiger partial charge < -0.3 is 14.6 Å². The standard InChI is InChI=1S/C35H34BrN3O4/c1-2-21-37-39-34(41)35(24-29-11-6-7-12-31(29)36)32(27-15-13-26(14-16-27)25-9-4-3-5-10-25)43-33(38-35)28-17-19-30(20-18-28)42-23-8-22-40/h2-7,9-20,32,37,40H,1,8,21-24H2,(H,39,41)/t32-,35-/m0/s1. The molecular weight excluding hydrogens is 606 g/mol. The lowest BCUT2D eigenvalue weighted by atomic mass is 9.82. The second-order valence-electron chi connectivity index (χ2n) is 10.2. The molecule has 2 atom stereocenters. The number of hydrazine groups is 1. The van der Waals surface area contributed by atoms with Crippen LogP contribution in [-0.2, 0) is 16.0 Å². The van der Waals surface area contributed by atoms with Gasteiger partial charge in [0, 0.05) is 36.0 Å². The lowest BCUT2D eigenvalue weighted by Gasteiger charge is -2.31. The van der Waals surface area contributed by atoms with E-state index in [4.69, 9.17) is 19.6 Å². The largest absolute Gasteiger partial charge is 0.494 e. The van der Waals surface area contributed by atoms with Crippen LogP contribution in [0.25, 0.3) is 11.1 Å². The predicted molar refractivity (Wildman–Crippen MR) is 173 cm³/mol. The molecule has 4 aromatic carbocycles. The summed E-state index contributed by atoms with van der Waals surface area (Å²) in [6, 6.07) is 33.5. The van der Waals surface area contributed by atoms with E-state index in [2.05, 4.69) is 45.5 Å². The van der Waals surface area contributed by atoms with Gasteiger partial charge >= 0.3 is 0 Å². The average Bonchev–Trinajstić information content (AvgIpc) is 3.43. The van der Waals surface area contributed by atoms with Crippen LogP contribution in [0.3, 0.4) is 0 Å². The topological polar surface area (TPSA) is 92.2 Å². The van der Waals surface area contributed by atoms with E-state index in [9.17, 15) is 4.79 Å². The van der Waals surface area contributed by atoms with E-state index in [0.717, 1.165) is 32.3 Å². The van der Waals surface area contributed by atoms with Crippen LogP contribution < -0.4 is 15.6 Å². The van der Waals surface area contributed by atoms with Crippen LogP contribution in [0.1, 0.15) is 29.2 Å². The van der Waals surface area contributed by atoms with Crippen molar-refractivity contribution in [3.05, 3.63) is 137 Å². The number of rotatable bonds is 13. The number of nitrogens with one attached hydrogen (secondary N) is 2. The van der Waals surface area contributed by atoms with Crippen LogP contribution in [0, 0.1) is 0 Å². The van der Waals surface area contributed by atoms with E-state index in [1.807, 2.05) is 91.0 Å². The quantitative estimate of drug-likeness (QED) is 0.0923. The Balaban J connectivity index is 1.56. The zero-order valence-electron chi connectivity index (χ0n) is 23.7. The van der Waals surface area contributed by atoms with Gasteiger partial charge in [0.1, 0.15) is 5.75 Å². The molecule has 1 amide bonds. The first-order chi connectivity index (χ1) is 21.0. The molecule has 0 radical (unpaired) electrons. The first-order valence-electron chi connectivity index (χ1n) is 14.2. The zero-order chi connectivity index (χ0) is 30.1. The molecule has 0 saturated heterocycles. The van der Waals surface area contributed by atoms with Gasteiger partial charge in [-0.2, -0.15) is 0 Å². The monoisotopic (exact) mass is 639 g/mol. The molecular formula is C35H34BrN3O4. The maximum atomic E-state index is 14.2. The second-order valence-corrected chi connectivity index (χ2v) is 11.0. The van der Waals surface area contributed by atoms with Crippen LogP contribution in [0.15, 0.2) is 125 Å². The molecule has 1 heterocycles. The Morgan fingerprint density at radius 3 is 2.33 bits per heavy atom. The normalized spacial score (nSPS) is 17.5. The molecule has 7 nitrogen and oxygen atoms in total. The molecule has 0 bridgehead atoms. The molecule has 1 aliphatic rings. The lowest BCUT2D eigenvalue weighted by molar-refractivity contribution is -0.129. The Labute approximate surface area is 260 Å². The Hall–Kier alpha value is -4.24. The van der Waals surface area contributed by atoms with Gasteiger partial charge in [0.15, 0.2) is 11.6 Å². The van der Waals surface area contributed by atoms with Crippen LogP contribution in [0.5, 0.6) is 5.75 Å². The highest BCUT2D eigenvalue weighted by Crippen LogP contribution is 2.43. The molecule has 8 heteroatoms. The summed E-state index contributed by atoms with van der Waals surface area (Å²) in [5, 5.41) is 9.05. The Bertz CT molecular complexity index is 1560. The van der Waals surface area contributed by atoms with Crippen molar-refractivity contribution in [2.45, 2.75) is 24.5 Å². The number of carbonyl (C=O) groups excluding carboxylic acids is 1. The molecule has 0 aliphatic carbocycles. The predicted octanol–water partition coefficient (Wildman–Crippen LogP) is 6.18. The van der Waals surface area contributed by atoms with Gasteiger partial charge in [-0.25, -0.2) is 10.4 Å². The number of hydrogen-bond acceptors (Lipinski definition) is 6. The number of hydrogen-bond donors (Lipinski definition) is 3. The van der Waals surface area contributed by atoms with E-state index >= 15 is 0 Å². The maximum absolute atomic E-state index is 14.2. The van der Waals surface area contributed by atoms with Gasteiger partial charge in [-0.1, -0.05) is 94.8 Å². The fourth-order valence-corrected chi connectivity index (χ4v) is 5.43. The van der Waals surface area contributed by atoms with Crippen molar-refractivity contribution in [3.63, 3.8) is 0 Å². The lowest BCUT2D eigenvalue weighted by Crippen LogP contribution is -2.54. The number of benzene rings is 4. The minimum absolute atomic E-state index is 0.0692. The molecule has 4 aromatic rings. The third-order valence-corrected chi connectivity index (χ3v) is 7.99. The number of carbonyl (C=O) groups is 1. The molecule has 43 heavy (non-hydrogen) atoms.